The van der Waals surface area contributed by atoms with Crippen molar-refractivity contribution in [3.8, 4) is 0 Å². The van der Waals surface area contributed by atoms with Gasteiger partial charge in [0.15, 0.2) is 0 Å². The number of hydrogen-bond acceptors (Lipinski definition) is 3. The van der Waals surface area contributed by atoms with E-state index in [9.17, 15) is 4.79 Å². The van der Waals surface area contributed by atoms with Crippen molar-refractivity contribution in [1.82, 2.24) is 4.90 Å². The van der Waals surface area contributed by atoms with Gasteiger partial charge in [-0.15, -0.1) is 0 Å². The van der Waals surface area contributed by atoms with E-state index in [2.05, 4.69) is 0 Å². The Morgan fingerprint density at radius 3 is 2.77 bits per heavy atom. The molecule has 1 rings (SSSR count). The monoisotopic (exact) mass is 187 g/mol. The lowest BCUT2D eigenvalue weighted by atomic mass is 10.2. The Morgan fingerprint density at radius 2 is 2.38 bits per heavy atom. The average Bonchev–Trinajstić information content (AvgIpc) is 2.48. The summed E-state index contributed by atoms with van der Waals surface area (Å²) in [4.78, 5) is 12.8. The number of aliphatic hydroxyl groups is 1. The Morgan fingerprint density at radius 1 is 1.69 bits per heavy atom. The average molecular weight is 187 g/mol. The van der Waals surface area contributed by atoms with Crippen molar-refractivity contribution in [3.63, 3.8) is 0 Å². The third-order valence-electron chi connectivity index (χ3n) is 2.39. The number of rotatable bonds is 3. The van der Waals surface area contributed by atoms with Gasteiger partial charge in [-0.05, 0) is 13.3 Å². The lowest BCUT2D eigenvalue weighted by molar-refractivity contribution is -0.130. The Balaban J connectivity index is 2.50. The van der Waals surface area contributed by atoms with Crippen LogP contribution in [0.15, 0.2) is 0 Å². The SMILES string of the molecule is CCOC1CC(CO)N(C(C)=O)C1. The molecule has 1 aliphatic rings. The van der Waals surface area contributed by atoms with Crippen LogP contribution in [-0.2, 0) is 9.53 Å². The Bertz CT molecular complexity index is 184. The van der Waals surface area contributed by atoms with Crippen molar-refractivity contribution in [2.75, 3.05) is 19.8 Å². The van der Waals surface area contributed by atoms with Gasteiger partial charge in [-0.3, -0.25) is 4.79 Å². The normalized spacial score (nSPS) is 28.1. The second-order valence-electron chi connectivity index (χ2n) is 3.32. The van der Waals surface area contributed by atoms with Crippen LogP contribution in [0.25, 0.3) is 0 Å². The topological polar surface area (TPSA) is 49.8 Å². The number of ether oxygens (including phenoxy) is 1. The molecule has 4 nitrogen and oxygen atoms in total. The first-order valence-corrected chi connectivity index (χ1v) is 4.68. The van der Waals surface area contributed by atoms with E-state index in [1.807, 2.05) is 6.92 Å². The molecule has 1 heterocycles. The van der Waals surface area contributed by atoms with Gasteiger partial charge in [0.1, 0.15) is 0 Å². The van der Waals surface area contributed by atoms with Crippen LogP contribution in [-0.4, -0.2) is 47.8 Å². The van der Waals surface area contributed by atoms with Crippen LogP contribution >= 0.6 is 0 Å². The smallest absolute Gasteiger partial charge is 0.219 e. The van der Waals surface area contributed by atoms with Gasteiger partial charge in [-0.1, -0.05) is 0 Å². The summed E-state index contributed by atoms with van der Waals surface area (Å²) in [5.41, 5.74) is 0. The molecule has 0 aromatic heterocycles. The van der Waals surface area contributed by atoms with E-state index in [0.717, 1.165) is 6.42 Å². The molecule has 4 heteroatoms. The van der Waals surface area contributed by atoms with Crippen molar-refractivity contribution in [2.24, 2.45) is 0 Å². The Kier molecular flexibility index (Phi) is 3.69. The molecule has 0 saturated carbocycles. The maximum Gasteiger partial charge on any atom is 0.219 e. The lowest BCUT2D eigenvalue weighted by Crippen LogP contribution is -2.36. The fourth-order valence-corrected chi connectivity index (χ4v) is 1.79. The highest BCUT2D eigenvalue weighted by Gasteiger charge is 2.33. The van der Waals surface area contributed by atoms with E-state index in [4.69, 9.17) is 9.84 Å². The number of amides is 1. The maximum absolute atomic E-state index is 11.1. The lowest BCUT2D eigenvalue weighted by Gasteiger charge is -2.20. The summed E-state index contributed by atoms with van der Waals surface area (Å²) in [5, 5.41) is 9.02. The molecule has 13 heavy (non-hydrogen) atoms. The highest BCUT2D eigenvalue weighted by atomic mass is 16.5. The predicted molar refractivity (Wildman–Crippen MR) is 48.3 cm³/mol. The third kappa shape index (κ3) is 2.42. The van der Waals surface area contributed by atoms with Gasteiger partial charge < -0.3 is 14.7 Å². The fraction of sp³-hybridized carbons (Fsp3) is 0.889. The molecule has 0 spiro atoms. The summed E-state index contributed by atoms with van der Waals surface area (Å²) in [6, 6.07) is -0.0472. The van der Waals surface area contributed by atoms with Gasteiger partial charge in [0.05, 0.1) is 18.8 Å². The Labute approximate surface area is 78.5 Å². The van der Waals surface area contributed by atoms with Crippen LogP contribution in [0, 0.1) is 0 Å². The van der Waals surface area contributed by atoms with Crippen molar-refractivity contribution in [3.05, 3.63) is 0 Å². The first-order valence-electron chi connectivity index (χ1n) is 4.68. The number of carbonyl (C=O) groups excluding carboxylic acids is 1. The molecular weight excluding hydrogens is 170 g/mol. The predicted octanol–water partition coefficient (Wildman–Crippen LogP) is 0.00460. The molecule has 0 aromatic carbocycles. The number of hydrogen-bond donors (Lipinski definition) is 1. The molecule has 1 aliphatic heterocycles. The summed E-state index contributed by atoms with van der Waals surface area (Å²) in [6.07, 6.45) is 0.857. The summed E-state index contributed by atoms with van der Waals surface area (Å²) in [6.45, 7) is 4.77. The van der Waals surface area contributed by atoms with Gasteiger partial charge in [-0.25, -0.2) is 0 Å². The quantitative estimate of drug-likeness (QED) is 0.677. The van der Waals surface area contributed by atoms with E-state index in [0.29, 0.717) is 13.2 Å². The van der Waals surface area contributed by atoms with Gasteiger partial charge in [0.25, 0.3) is 0 Å². The molecule has 0 bridgehead atoms. The van der Waals surface area contributed by atoms with Gasteiger partial charge in [0, 0.05) is 20.1 Å². The molecule has 1 amide bonds. The number of nitrogens with zero attached hydrogens (tertiary/aromatic N) is 1. The molecule has 2 atom stereocenters. The molecule has 1 N–H and O–H groups in total. The standard InChI is InChI=1S/C9H17NO3/c1-3-13-9-4-8(6-11)10(5-9)7(2)12/h8-9,11H,3-6H2,1-2H3. The van der Waals surface area contributed by atoms with Crippen LogP contribution in [0.2, 0.25) is 0 Å². The van der Waals surface area contributed by atoms with Gasteiger partial charge in [-0.2, -0.15) is 0 Å². The van der Waals surface area contributed by atoms with E-state index >= 15 is 0 Å². The van der Waals surface area contributed by atoms with E-state index < -0.39 is 0 Å². The second-order valence-corrected chi connectivity index (χ2v) is 3.32. The molecule has 0 radical (unpaired) electrons. The number of carbonyl (C=O) groups is 1. The minimum absolute atomic E-state index is 0.0150. The number of likely N-dealkylation sites (tertiary alicyclic amines) is 1. The third-order valence-corrected chi connectivity index (χ3v) is 2.39. The zero-order valence-electron chi connectivity index (χ0n) is 8.19. The molecular formula is C9H17NO3. The van der Waals surface area contributed by atoms with Gasteiger partial charge >= 0.3 is 0 Å². The van der Waals surface area contributed by atoms with Crippen LogP contribution < -0.4 is 0 Å². The zero-order valence-corrected chi connectivity index (χ0v) is 8.19. The fourth-order valence-electron chi connectivity index (χ4n) is 1.79. The van der Waals surface area contributed by atoms with Crippen LogP contribution in [0.1, 0.15) is 20.3 Å². The summed E-state index contributed by atoms with van der Waals surface area (Å²) < 4.78 is 5.41. The van der Waals surface area contributed by atoms with Crippen LogP contribution in [0.4, 0.5) is 0 Å². The molecule has 0 aromatic rings. The molecule has 2 unspecified atom stereocenters. The Hall–Kier alpha value is -0.610. The highest BCUT2D eigenvalue weighted by molar-refractivity contribution is 5.74. The van der Waals surface area contributed by atoms with E-state index in [1.54, 1.807) is 4.90 Å². The highest BCUT2D eigenvalue weighted by Crippen LogP contribution is 2.19. The largest absolute Gasteiger partial charge is 0.394 e. The van der Waals surface area contributed by atoms with E-state index in [-0.39, 0.29) is 24.7 Å². The van der Waals surface area contributed by atoms with Crippen molar-refractivity contribution >= 4 is 5.91 Å². The first kappa shape index (κ1) is 10.5. The minimum Gasteiger partial charge on any atom is -0.394 e. The van der Waals surface area contributed by atoms with Crippen LogP contribution in [0.5, 0.6) is 0 Å². The summed E-state index contributed by atoms with van der Waals surface area (Å²) >= 11 is 0. The number of aliphatic hydroxyl groups excluding tert-OH is 1. The summed E-state index contributed by atoms with van der Waals surface area (Å²) in [7, 11) is 0. The van der Waals surface area contributed by atoms with Crippen molar-refractivity contribution in [1.29, 1.82) is 0 Å². The van der Waals surface area contributed by atoms with Crippen molar-refractivity contribution in [2.45, 2.75) is 32.4 Å². The zero-order chi connectivity index (χ0) is 9.84. The van der Waals surface area contributed by atoms with Gasteiger partial charge in [0.2, 0.25) is 5.91 Å². The molecule has 76 valence electrons. The molecule has 1 fully saturated rings. The first-order chi connectivity index (χ1) is 6.19. The van der Waals surface area contributed by atoms with E-state index in [1.165, 1.54) is 6.92 Å². The van der Waals surface area contributed by atoms with Crippen molar-refractivity contribution < 1.29 is 14.6 Å². The molecule has 0 aliphatic carbocycles. The molecule has 1 saturated heterocycles. The maximum atomic E-state index is 11.1. The summed E-state index contributed by atoms with van der Waals surface area (Å²) in [5.74, 6) is 0.0150. The van der Waals surface area contributed by atoms with Crippen LogP contribution in [0.3, 0.4) is 0 Å². The minimum atomic E-state index is -0.0472. The second kappa shape index (κ2) is 4.58.